The first-order valence-electron chi connectivity index (χ1n) is 7.60. The molecule has 7 heteroatoms. The molecule has 0 spiro atoms. The number of hydrogen-bond donors (Lipinski definition) is 0. The molecule has 0 saturated carbocycles. The summed E-state index contributed by atoms with van der Waals surface area (Å²) in [6, 6.07) is 4.98. The van der Waals surface area contributed by atoms with E-state index in [2.05, 4.69) is 15.1 Å². The Labute approximate surface area is 133 Å². The Morgan fingerprint density at radius 1 is 1.48 bits per heavy atom. The Kier molecular flexibility index (Phi) is 4.06. The van der Waals surface area contributed by atoms with E-state index < -0.39 is 0 Å². The fourth-order valence-corrected chi connectivity index (χ4v) is 2.63. The molecule has 0 bridgehead atoms. The van der Waals surface area contributed by atoms with E-state index in [9.17, 15) is 4.79 Å². The highest BCUT2D eigenvalue weighted by atomic mass is 16.5. The average molecular weight is 311 g/mol. The van der Waals surface area contributed by atoms with Crippen LogP contribution in [-0.2, 0) is 0 Å². The minimum absolute atomic E-state index is 0.155. The Morgan fingerprint density at radius 3 is 2.91 bits per heavy atom. The topological polar surface area (TPSA) is 95.9 Å². The molecule has 23 heavy (non-hydrogen) atoms. The largest absolute Gasteiger partial charge is 0.339 e. The number of rotatable bonds is 3. The Balaban J connectivity index is 1.82. The maximum Gasteiger partial charge on any atom is 0.273 e. The molecule has 1 aliphatic rings. The van der Waals surface area contributed by atoms with Gasteiger partial charge >= 0.3 is 0 Å². The SMILES string of the molecule is CC(C)c1nc(C2CCCN2C(=O)c2ccc(C#N)cn2)no1. The van der Waals surface area contributed by atoms with E-state index in [1.54, 1.807) is 17.0 Å². The summed E-state index contributed by atoms with van der Waals surface area (Å²) in [5.74, 6) is 1.11. The second-order valence-corrected chi connectivity index (χ2v) is 5.85. The van der Waals surface area contributed by atoms with Gasteiger partial charge in [0.2, 0.25) is 5.89 Å². The van der Waals surface area contributed by atoms with Crippen molar-refractivity contribution < 1.29 is 9.32 Å². The fraction of sp³-hybridized carbons (Fsp3) is 0.438. The highest BCUT2D eigenvalue weighted by Gasteiger charge is 2.34. The van der Waals surface area contributed by atoms with Crippen LogP contribution in [0.25, 0.3) is 0 Å². The summed E-state index contributed by atoms with van der Waals surface area (Å²) >= 11 is 0. The van der Waals surface area contributed by atoms with Crippen molar-refractivity contribution in [3.05, 3.63) is 41.3 Å². The maximum atomic E-state index is 12.7. The van der Waals surface area contributed by atoms with Crippen molar-refractivity contribution in [2.75, 3.05) is 6.54 Å². The highest BCUT2D eigenvalue weighted by molar-refractivity contribution is 5.92. The summed E-state index contributed by atoms with van der Waals surface area (Å²) < 4.78 is 5.25. The molecule has 0 aromatic carbocycles. The lowest BCUT2D eigenvalue weighted by atomic mass is 10.2. The molecule has 7 nitrogen and oxygen atoms in total. The third kappa shape index (κ3) is 2.93. The van der Waals surface area contributed by atoms with Crippen molar-refractivity contribution in [1.82, 2.24) is 20.0 Å². The van der Waals surface area contributed by atoms with Crippen LogP contribution in [0.5, 0.6) is 0 Å². The van der Waals surface area contributed by atoms with Gasteiger partial charge in [0.15, 0.2) is 5.82 Å². The van der Waals surface area contributed by atoms with E-state index in [0.29, 0.717) is 29.5 Å². The van der Waals surface area contributed by atoms with Crippen LogP contribution >= 0.6 is 0 Å². The smallest absolute Gasteiger partial charge is 0.273 e. The number of likely N-dealkylation sites (tertiary alicyclic amines) is 1. The first-order valence-corrected chi connectivity index (χ1v) is 7.60. The minimum Gasteiger partial charge on any atom is -0.339 e. The van der Waals surface area contributed by atoms with Crippen molar-refractivity contribution in [3.63, 3.8) is 0 Å². The van der Waals surface area contributed by atoms with Gasteiger partial charge in [-0.3, -0.25) is 4.79 Å². The van der Waals surface area contributed by atoms with Gasteiger partial charge in [0.05, 0.1) is 11.6 Å². The Bertz CT molecular complexity index is 745. The lowest BCUT2D eigenvalue weighted by Gasteiger charge is -2.21. The van der Waals surface area contributed by atoms with Crippen LogP contribution in [0.3, 0.4) is 0 Å². The summed E-state index contributed by atoms with van der Waals surface area (Å²) in [6.07, 6.45) is 3.10. The van der Waals surface area contributed by atoms with Crippen molar-refractivity contribution >= 4 is 5.91 Å². The molecule has 3 rings (SSSR count). The monoisotopic (exact) mass is 311 g/mol. The van der Waals surface area contributed by atoms with Crippen molar-refractivity contribution in [2.24, 2.45) is 0 Å². The number of amides is 1. The Morgan fingerprint density at radius 2 is 2.30 bits per heavy atom. The van der Waals surface area contributed by atoms with Crippen molar-refractivity contribution in [3.8, 4) is 6.07 Å². The summed E-state index contributed by atoms with van der Waals surface area (Å²) in [5.41, 5.74) is 0.753. The lowest BCUT2D eigenvalue weighted by molar-refractivity contribution is 0.0722. The van der Waals surface area contributed by atoms with Crippen LogP contribution in [0.4, 0.5) is 0 Å². The normalized spacial score (nSPS) is 17.5. The van der Waals surface area contributed by atoms with Gasteiger partial charge in [-0.1, -0.05) is 19.0 Å². The fourth-order valence-electron chi connectivity index (χ4n) is 2.63. The molecule has 3 heterocycles. The van der Waals surface area contributed by atoms with Crippen molar-refractivity contribution in [1.29, 1.82) is 5.26 Å². The number of hydrogen-bond acceptors (Lipinski definition) is 6. The third-order valence-corrected chi connectivity index (χ3v) is 3.87. The molecule has 0 radical (unpaired) electrons. The molecule has 1 atom stereocenters. The molecular weight excluding hydrogens is 294 g/mol. The summed E-state index contributed by atoms with van der Waals surface area (Å²) in [5, 5.41) is 12.8. The van der Waals surface area contributed by atoms with E-state index >= 15 is 0 Å². The molecule has 1 saturated heterocycles. The van der Waals surface area contributed by atoms with Crippen LogP contribution in [0.2, 0.25) is 0 Å². The number of carbonyl (C=O) groups is 1. The first kappa shape index (κ1) is 15.2. The van der Waals surface area contributed by atoms with Crippen LogP contribution in [-0.4, -0.2) is 32.5 Å². The van der Waals surface area contributed by atoms with E-state index in [1.807, 2.05) is 19.9 Å². The van der Waals surface area contributed by atoms with Crippen molar-refractivity contribution in [2.45, 2.75) is 38.6 Å². The average Bonchev–Trinajstić information content (AvgIpc) is 3.22. The molecule has 1 fully saturated rings. The number of nitrogens with zero attached hydrogens (tertiary/aromatic N) is 5. The quantitative estimate of drug-likeness (QED) is 0.863. The summed E-state index contributed by atoms with van der Waals surface area (Å²) in [4.78, 5) is 22.9. The zero-order valence-electron chi connectivity index (χ0n) is 13.1. The van der Waals surface area contributed by atoms with E-state index in [-0.39, 0.29) is 17.9 Å². The van der Waals surface area contributed by atoms with Gasteiger partial charge in [0.1, 0.15) is 11.8 Å². The lowest BCUT2D eigenvalue weighted by Crippen LogP contribution is -2.31. The minimum atomic E-state index is -0.184. The van der Waals surface area contributed by atoms with Crippen LogP contribution < -0.4 is 0 Å². The van der Waals surface area contributed by atoms with E-state index in [4.69, 9.17) is 9.78 Å². The molecule has 118 valence electrons. The van der Waals surface area contributed by atoms with Gasteiger partial charge in [-0.05, 0) is 25.0 Å². The van der Waals surface area contributed by atoms with Crippen LogP contribution in [0.1, 0.15) is 66.4 Å². The van der Waals surface area contributed by atoms with Gasteiger partial charge in [0.25, 0.3) is 5.91 Å². The van der Waals surface area contributed by atoms with Crippen LogP contribution in [0.15, 0.2) is 22.9 Å². The van der Waals surface area contributed by atoms with E-state index in [1.165, 1.54) is 6.20 Å². The molecule has 1 amide bonds. The van der Waals surface area contributed by atoms with Crippen LogP contribution in [0, 0.1) is 11.3 Å². The molecule has 0 N–H and O–H groups in total. The highest BCUT2D eigenvalue weighted by Crippen LogP contribution is 2.31. The van der Waals surface area contributed by atoms with Gasteiger partial charge in [0, 0.05) is 18.7 Å². The summed E-state index contributed by atoms with van der Waals surface area (Å²) in [6.45, 7) is 4.60. The molecule has 2 aromatic rings. The number of nitriles is 1. The zero-order valence-corrected chi connectivity index (χ0v) is 13.1. The zero-order chi connectivity index (χ0) is 16.4. The Hall–Kier alpha value is -2.75. The van der Waals surface area contributed by atoms with Gasteiger partial charge in [-0.2, -0.15) is 10.2 Å². The van der Waals surface area contributed by atoms with E-state index in [0.717, 1.165) is 12.8 Å². The maximum absolute atomic E-state index is 12.7. The van der Waals surface area contributed by atoms with Gasteiger partial charge in [-0.25, -0.2) is 4.98 Å². The standard InChI is InChI=1S/C16H17N5O2/c1-10(2)15-19-14(20-23-15)13-4-3-7-21(13)16(22)12-6-5-11(8-17)9-18-12/h5-6,9-10,13H,3-4,7H2,1-2H3. The molecule has 1 unspecified atom stereocenters. The predicted molar refractivity (Wildman–Crippen MR) is 80.4 cm³/mol. The number of carbonyl (C=O) groups excluding carboxylic acids is 1. The molecule has 1 aliphatic heterocycles. The van der Waals surface area contributed by atoms with Gasteiger partial charge < -0.3 is 9.42 Å². The predicted octanol–water partition coefficient (Wildman–Crippen LogP) is 2.44. The summed E-state index contributed by atoms with van der Waals surface area (Å²) in [7, 11) is 0. The van der Waals surface area contributed by atoms with Gasteiger partial charge in [-0.15, -0.1) is 0 Å². The third-order valence-electron chi connectivity index (χ3n) is 3.87. The molecular formula is C16H17N5O2. The second-order valence-electron chi connectivity index (χ2n) is 5.85. The number of aromatic nitrogens is 3. The molecule has 2 aromatic heterocycles. The number of pyridine rings is 1. The molecule has 0 aliphatic carbocycles. The second kappa shape index (κ2) is 6.16. The first-order chi connectivity index (χ1) is 11.1.